The number of nitrogens with one attached hydrogen (secondary N) is 1. The molecule has 0 saturated heterocycles. The molecule has 0 fully saturated rings. The maximum atomic E-state index is 4.48. The second-order valence-electron chi connectivity index (χ2n) is 5.81. The molecule has 0 amide bonds. The van der Waals surface area contributed by atoms with Gasteiger partial charge in [0.25, 0.3) is 0 Å². The van der Waals surface area contributed by atoms with Gasteiger partial charge in [0.2, 0.25) is 0 Å². The smallest absolute Gasteiger partial charge is 0.0615 e. The Balaban J connectivity index is 1.88. The van der Waals surface area contributed by atoms with Crippen LogP contribution in [0.5, 0.6) is 0 Å². The van der Waals surface area contributed by atoms with Gasteiger partial charge < -0.3 is 5.32 Å². The highest BCUT2D eigenvalue weighted by atomic mass is 15.3. The van der Waals surface area contributed by atoms with E-state index >= 15 is 0 Å². The highest BCUT2D eigenvalue weighted by Gasteiger charge is 2.07. The zero-order valence-corrected chi connectivity index (χ0v) is 12.7. The molecule has 0 aliphatic heterocycles. The van der Waals surface area contributed by atoms with Crippen LogP contribution >= 0.6 is 0 Å². The van der Waals surface area contributed by atoms with Gasteiger partial charge in [-0.2, -0.15) is 5.10 Å². The molecule has 3 nitrogen and oxygen atoms in total. The minimum absolute atomic E-state index is 0.375. The highest BCUT2D eigenvalue weighted by molar-refractivity contribution is 5.61. The molecule has 1 heterocycles. The highest BCUT2D eigenvalue weighted by Crippen LogP contribution is 2.19. The van der Waals surface area contributed by atoms with E-state index in [9.17, 15) is 0 Å². The van der Waals surface area contributed by atoms with Gasteiger partial charge >= 0.3 is 0 Å². The summed E-state index contributed by atoms with van der Waals surface area (Å²) in [7, 11) is 0. The summed E-state index contributed by atoms with van der Waals surface area (Å²) in [6.45, 7) is 8.75. The van der Waals surface area contributed by atoms with Crippen LogP contribution in [0.1, 0.15) is 33.2 Å². The van der Waals surface area contributed by atoms with Gasteiger partial charge in [0.05, 0.1) is 12.2 Å². The monoisotopic (exact) mass is 271 g/mol. The Labute approximate surface area is 122 Å². The van der Waals surface area contributed by atoms with E-state index in [1.807, 2.05) is 16.9 Å². The number of benzene rings is 1. The van der Waals surface area contributed by atoms with Crippen LogP contribution in [0.15, 0.2) is 42.7 Å². The Kier molecular flexibility index (Phi) is 5.36. The number of rotatable bonds is 7. The maximum Gasteiger partial charge on any atom is 0.0615 e. The van der Waals surface area contributed by atoms with Crippen molar-refractivity contribution in [2.45, 2.75) is 33.2 Å². The van der Waals surface area contributed by atoms with E-state index in [1.165, 1.54) is 17.5 Å². The van der Waals surface area contributed by atoms with Gasteiger partial charge in [-0.25, -0.2) is 0 Å². The van der Waals surface area contributed by atoms with Crippen molar-refractivity contribution in [2.24, 2.45) is 5.92 Å². The molecule has 0 aliphatic carbocycles. The van der Waals surface area contributed by atoms with Gasteiger partial charge in [-0.15, -0.1) is 0 Å². The molecule has 0 bridgehead atoms. The minimum Gasteiger partial charge on any atom is -0.315 e. The summed E-state index contributed by atoms with van der Waals surface area (Å²) in [5, 5.41) is 7.99. The standard InChI is InChI=1S/C17H25N3/c1-14(2)9-10-18-11-15(3)20-13-17(12-19-20)16-7-5-4-6-8-16/h4-8,12-15,18H,9-11H2,1-3H3. The summed E-state index contributed by atoms with van der Waals surface area (Å²) in [5.74, 6) is 0.757. The van der Waals surface area contributed by atoms with Crippen molar-refractivity contribution >= 4 is 0 Å². The van der Waals surface area contributed by atoms with Gasteiger partial charge in [-0.1, -0.05) is 44.2 Å². The molecule has 0 saturated carbocycles. The fourth-order valence-corrected chi connectivity index (χ4v) is 2.15. The zero-order chi connectivity index (χ0) is 14.4. The normalized spacial score (nSPS) is 12.8. The molecule has 0 radical (unpaired) electrons. The quantitative estimate of drug-likeness (QED) is 0.777. The molecule has 0 aliphatic rings. The second-order valence-corrected chi connectivity index (χ2v) is 5.81. The third kappa shape index (κ3) is 4.20. The summed E-state index contributed by atoms with van der Waals surface area (Å²) < 4.78 is 2.05. The predicted octanol–water partition coefficient (Wildman–Crippen LogP) is 3.75. The van der Waals surface area contributed by atoms with Gasteiger partial charge in [-0.3, -0.25) is 4.68 Å². The van der Waals surface area contributed by atoms with Gasteiger partial charge in [0.1, 0.15) is 0 Å². The lowest BCUT2D eigenvalue weighted by Crippen LogP contribution is -2.25. The van der Waals surface area contributed by atoms with E-state index in [0.29, 0.717) is 6.04 Å². The predicted molar refractivity (Wildman–Crippen MR) is 84.7 cm³/mol. The topological polar surface area (TPSA) is 29.9 Å². The van der Waals surface area contributed by atoms with E-state index in [-0.39, 0.29) is 0 Å². The molecule has 1 aromatic heterocycles. The lowest BCUT2D eigenvalue weighted by molar-refractivity contribution is 0.439. The van der Waals surface area contributed by atoms with Crippen LogP contribution in [0.3, 0.4) is 0 Å². The lowest BCUT2D eigenvalue weighted by Gasteiger charge is -2.13. The van der Waals surface area contributed by atoms with Crippen molar-refractivity contribution in [3.63, 3.8) is 0 Å². The summed E-state index contributed by atoms with van der Waals surface area (Å²) in [6, 6.07) is 10.8. The molecule has 0 spiro atoms. The molecule has 20 heavy (non-hydrogen) atoms. The average molecular weight is 271 g/mol. The first kappa shape index (κ1) is 14.8. The van der Waals surface area contributed by atoms with Crippen LogP contribution in [0.25, 0.3) is 11.1 Å². The molecule has 1 atom stereocenters. The first-order valence-electron chi connectivity index (χ1n) is 7.47. The molecule has 1 aromatic carbocycles. The van der Waals surface area contributed by atoms with Crippen LogP contribution < -0.4 is 5.32 Å². The molecular formula is C17H25N3. The molecule has 108 valence electrons. The fraction of sp³-hybridized carbons (Fsp3) is 0.471. The Hall–Kier alpha value is -1.61. The molecule has 2 aromatic rings. The molecule has 1 N–H and O–H groups in total. The van der Waals surface area contributed by atoms with Crippen LogP contribution in [0.2, 0.25) is 0 Å². The van der Waals surface area contributed by atoms with E-state index < -0.39 is 0 Å². The van der Waals surface area contributed by atoms with Crippen LogP contribution in [0.4, 0.5) is 0 Å². The van der Waals surface area contributed by atoms with Gasteiger partial charge in [0.15, 0.2) is 0 Å². The Morgan fingerprint density at radius 1 is 1.10 bits per heavy atom. The first-order valence-corrected chi connectivity index (χ1v) is 7.47. The fourth-order valence-electron chi connectivity index (χ4n) is 2.15. The second kappa shape index (κ2) is 7.25. The number of hydrogen-bond donors (Lipinski definition) is 1. The maximum absolute atomic E-state index is 4.48. The molecule has 1 unspecified atom stereocenters. The Morgan fingerprint density at radius 2 is 1.85 bits per heavy atom. The average Bonchev–Trinajstić information content (AvgIpc) is 2.94. The number of nitrogens with zero attached hydrogens (tertiary/aromatic N) is 2. The SMILES string of the molecule is CC(C)CCNCC(C)n1cc(-c2ccccc2)cn1. The minimum atomic E-state index is 0.375. The number of hydrogen-bond acceptors (Lipinski definition) is 2. The Bertz CT molecular complexity index is 502. The van der Waals surface area contributed by atoms with Crippen molar-refractivity contribution in [3.8, 4) is 11.1 Å². The number of aromatic nitrogens is 2. The largest absolute Gasteiger partial charge is 0.315 e. The van der Waals surface area contributed by atoms with Crippen LogP contribution in [-0.4, -0.2) is 22.9 Å². The summed E-state index contributed by atoms with van der Waals surface area (Å²) in [6.07, 6.45) is 5.30. The Morgan fingerprint density at radius 3 is 2.55 bits per heavy atom. The van der Waals surface area contributed by atoms with Crippen molar-refractivity contribution in [3.05, 3.63) is 42.7 Å². The van der Waals surface area contributed by atoms with E-state index in [2.05, 4.69) is 61.6 Å². The third-order valence-electron chi connectivity index (χ3n) is 3.50. The zero-order valence-electron chi connectivity index (χ0n) is 12.7. The van der Waals surface area contributed by atoms with E-state index in [1.54, 1.807) is 0 Å². The van der Waals surface area contributed by atoms with Crippen LogP contribution in [-0.2, 0) is 0 Å². The summed E-state index contributed by atoms with van der Waals surface area (Å²) >= 11 is 0. The van der Waals surface area contributed by atoms with Gasteiger partial charge in [-0.05, 0) is 31.4 Å². The molecule has 3 heteroatoms. The van der Waals surface area contributed by atoms with E-state index in [4.69, 9.17) is 0 Å². The third-order valence-corrected chi connectivity index (χ3v) is 3.50. The first-order chi connectivity index (χ1) is 9.66. The summed E-state index contributed by atoms with van der Waals surface area (Å²) in [5.41, 5.74) is 2.40. The van der Waals surface area contributed by atoms with Crippen molar-refractivity contribution in [2.75, 3.05) is 13.1 Å². The van der Waals surface area contributed by atoms with Crippen molar-refractivity contribution in [1.29, 1.82) is 0 Å². The molecule has 2 rings (SSSR count). The van der Waals surface area contributed by atoms with Crippen molar-refractivity contribution in [1.82, 2.24) is 15.1 Å². The van der Waals surface area contributed by atoms with Crippen molar-refractivity contribution < 1.29 is 0 Å². The lowest BCUT2D eigenvalue weighted by atomic mass is 10.1. The summed E-state index contributed by atoms with van der Waals surface area (Å²) in [4.78, 5) is 0. The van der Waals surface area contributed by atoms with Gasteiger partial charge in [0, 0.05) is 18.3 Å². The van der Waals surface area contributed by atoms with E-state index in [0.717, 1.165) is 19.0 Å². The molecular weight excluding hydrogens is 246 g/mol. The van der Waals surface area contributed by atoms with Crippen LogP contribution in [0, 0.1) is 5.92 Å².